The van der Waals surface area contributed by atoms with Gasteiger partial charge in [0.05, 0.1) is 22.9 Å². The number of hydrogen-bond acceptors (Lipinski definition) is 4. The highest BCUT2D eigenvalue weighted by Gasteiger charge is 2.47. The molecule has 0 bridgehead atoms. The van der Waals surface area contributed by atoms with Crippen molar-refractivity contribution in [2.75, 3.05) is 0 Å². The first kappa shape index (κ1) is 12.7. The first-order chi connectivity index (χ1) is 9.63. The minimum absolute atomic E-state index is 0.134. The van der Waals surface area contributed by atoms with Gasteiger partial charge in [0.1, 0.15) is 0 Å². The van der Waals surface area contributed by atoms with E-state index in [9.17, 15) is 4.79 Å². The summed E-state index contributed by atoms with van der Waals surface area (Å²) in [7, 11) is 0. The summed E-state index contributed by atoms with van der Waals surface area (Å²) in [5, 5.41) is 15.8. The number of nitriles is 1. The number of nitrogens with one attached hydrogen (secondary N) is 1. The molecule has 1 aliphatic carbocycles. The summed E-state index contributed by atoms with van der Waals surface area (Å²) in [6.45, 7) is 1.84. The highest BCUT2D eigenvalue weighted by atomic mass is 16.6. The second kappa shape index (κ2) is 4.64. The van der Waals surface area contributed by atoms with Crippen LogP contribution in [0.1, 0.15) is 37.3 Å². The van der Waals surface area contributed by atoms with Crippen molar-refractivity contribution in [3.63, 3.8) is 0 Å². The molecule has 0 saturated heterocycles. The maximum atomic E-state index is 12.2. The summed E-state index contributed by atoms with van der Waals surface area (Å²) in [4.78, 5) is 17.3. The predicted octanol–water partition coefficient (Wildman–Crippen LogP) is 1.83. The van der Waals surface area contributed by atoms with Gasteiger partial charge < -0.3 is 10.2 Å². The molecular weight excluding hydrogens is 254 g/mol. The number of amides is 1. The summed E-state index contributed by atoms with van der Waals surface area (Å²) >= 11 is 0. The van der Waals surface area contributed by atoms with Gasteiger partial charge in [-0.2, -0.15) is 5.26 Å². The van der Waals surface area contributed by atoms with E-state index in [-0.39, 0.29) is 11.4 Å². The molecular formula is C15H15N3O2. The SMILES string of the molecule is CC1=NOC(C(=O)NC2(c3cccc(C#N)c3)CC2)C1. The third kappa shape index (κ3) is 2.25. The van der Waals surface area contributed by atoms with Crippen LogP contribution in [-0.4, -0.2) is 17.7 Å². The number of oxime groups is 1. The molecule has 20 heavy (non-hydrogen) atoms. The van der Waals surface area contributed by atoms with Gasteiger partial charge in [0.25, 0.3) is 5.91 Å². The van der Waals surface area contributed by atoms with Crippen molar-refractivity contribution in [2.45, 2.75) is 37.8 Å². The van der Waals surface area contributed by atoms with Crippen molar-refractivity contribution in [1.29, 1.82) is 5.26 Å². The van der Waals surface area contributed by atoms with Gasteiger partial charge in [-0.05, 0) is 37.5 Å². The van der Waals surface area contributed by atoms with E-state index in [4.69, 9.17) is 10.1 Å². The van der Waals surface area contributed by atoms with Crippen molar-refractivity contribution in [2.24, 2.45) is 5.16 Å². The van der Waals surface area contributed by atoms with Gasteiger partial charge in [-0.1, -0.05) is 17.3 Å². The number of nitrogens with zero attached hydrogens (tertiary/aromatic N) is 2. The average molecular weight is 269 g/mol. The minimum Gasteiger partial charge on any atom is -0.382 e. The largest absolute Gasteiger partial charge is 0.382 e. The minimum atomic E-state index is -0.522. The summed E-state index contributed by atoms with van der Waals surface area (Å²) in [5.41, 5.74) is 2.10. The summed E-state index contributed by atoms with van der Waals surface area (Å²) in [6.07, 6.45) is 1.80. The molecule has 0 aromatic heterocycles. The Hall–Kier alpha value is -2.35. The molecule has 1 aromatic rings. The Bertz CT molecular complexity index is 626. The van der Waals surface area contributed by atoms with Crippen LogP contribution in [0.4, 0.5) is 0 Å². The van der Waals surface area contributed by atoms with Gasteiger partial charge in [-0.15, -0.1) is 0 Å². The summed E-state index contributed by atoms with van der Waals surface area (Å²) in [5.74, 6) is -0.134. The fourth-order valence-electron chi connectivity index (χ4n) is 2.45. The zero-order valence-electron chi connectivity index (χ0n) is 11.2. The van der Waals surface area contributed by atoms with E-state index in [2.05, 4.69) is 16.5 Å². The van der Waals surface area contributed by atoms with Crippen LogP contribution in [0.15, 0.2) is 29.4 Å². The van der Waals surface area contributed by atoms with E-state index < -0.39 is 6.10 Å². The predicted molar refractivity (Wildman–Crippen MR) is 72.8 cm³/mol. The molecule has 5 heteroatoms. The molecule has 1 unspecified atom stereocenters. The fraction of sp³-hybridized carbons (Fsp3) is 0.400. The van der Waals surface area contributed by atoms with Crippen LogP contribution in [0.5, 0.6) is 0 Å². The second-order valence-electron chi connectivity index (χ2n) is 5.39. The standard InChI is InChI=1S/C15H15N3O2/c1-10-7-13(20-18-10)14(19)17-15(5-6-15)12-4-2-3-11(8-12)9-16/h2-4,8,13H,5-7H2,1H3,(H,17,19). The first-order valence-corrected chi connectivity index (χ1v) is 6.65. The van der Waals surface area contributed by atoms with Gasteiger partial charge in [0.2, 0.25) is 6.10 Å². The Morgan fingerprint density at radius 1 is 1.55 bits per heavy atom. The van der Waals surface area contributed by atoms with Crippen LogP contribution < -0.4 is 5.32 Å². The van der Waals surface area contributed by atoms with Crippen molar-refractivity contribution in [1.82, 2.24) is 5.32 Å². The Morgan fingerprint density at radius 3 is 2.95 bits per heavy atom. The van der Waals surface area contributed by atoms with Crippen LogP contribution in [-0.2, 0) is 15.2 Å². The molecule has 1 fully saturated rings. The van der Waals surface area contributed by atoms with E-state index in [1.165, 1.54) is 0 Å². The van der Waals surface area contributed by atoms with Crippen LogP contribution in [0, 0.1) is 11.3 Å². The molecule has 0 radical (unpaired) electrons. The van der Waals surface area contributed by atoms with E-state index in [1.807, 2.05) is 25.1 Å². The van der Waals surface area contributed by atoms with Gasteiger partial charge in [0.15, 0.2) is 0 Å². The lowest BCUT2D eigenvalue weighted by molar-refractivity contribution is -0.132. The molecule has 1 amide bonds. The van der Waals surface area contributed by atoms with Gasteiger partial charge >= 0.3 is 0 Å². The van der Waals surface area contributed by atoms with E-state index in [1.54, 1.807) is 6.07 Å². The number of carbonyl (C=O) groups excluding carboxylic acids is 1. The molecule has 3 rings (SSSR count). The summed E-state index contributed by atoms with van der Waals surface area (Å²) < 4.78 is 0. The Morgan fingerprint density at radius 2 is 2.35 bits per heavy atom. The molecule has 2 aliphatic rings. The van der Waals surface area contributed by atoms with E-state index in [0.717, 1.165) is 24.1 Å². The maximum Gasteiger partial charge on any atom is 0.265 e. The fourth-order valence-corrected chi connectivity index (χ4v) is 2.45. The van der Waals surface area contributed by atoms with Crippen LogP contribution in [0.3, 0.4) is 0 Å². The molecule has 1 atom stereocenters. The Balaban J connectivity index is 1.73. The third-order valence-corrected chi connectivity index (χ3v) is 3.77. The highest BCUT2D eigenvalue weighted by Crippen LogP contribution is 2.45. The van der Waals surface area contributed by atoms with E-state index in [0.29, 0.717) is 12.0 Å². The van der Waals surface area contributed by atoms with E-state index >= 15 is 0 Å². The quantitative estimate of drug-likeness (QED) is 0.909. The smallest absolute Gasteiger partial charge is 0.265 e. The Labute approximate surface area is 117 Å². The number of carbonyl (C=O) groups is 1. The normalized spacial score (nSPS) is 22.4. The van der Waals surface area contributed by atoms with Crippen LogP contribution in [0.2, 0.25) is 0 Å². The van der Waals surface area contributed by atoms with Gasteiger partial charge in [0, 0.05) is 6.42 Å². The molecule has 102 valence electrons. The van der Waals surface area contributed by atoms with Crippen molar-refractivity contribution < 1.29 is 9.63 Å². The molecule has 1 saturated carbocycles. The number of hydrogen-bond donors (Lipinski definition) is 1. The first-order valence-electron chi connectivity index (χ1n) is 6.65. The lowest BCUT2D eigenvalue weighted by atomic mass is 10.0. The molecule has 1 aromatic carbocycles. The molecule has 1 aliphatic heterocycles. The van der Waals surface area contributed by atoms with Gasteiger partial charge in [-0.25, -0.2) is 0 Å². The zero-order chi connectivity index (χ0) is 14.2. The topological polar surface area (TPSA) is 74.5 Å². The maximum absolute atomic E-state index is 12.2. The van der Waals surface area contributed by atoms with Crippen LogP contribution >= 0.6 is 0 Å². The zero-order valence-corrected chi connectivity index (χ0v) is 11.2. The monoisotopic (exact) mass is 269 g/mol. The third-order valence-electron chi connectivity index (χ3n) is 3.77. The van der Waals surface area contributed by atoms with Crippen LogP contribution in [0.25, 0.3) is 0 Å². The van der Waals surface area contributed by atoms with Crippen molar-refractivity contribution in [3.05, 3.63) is 35.4 Å². The number of rotatable bonds is 3. The molecule has 1 heterocycles. The molecule has 1 N–H and O–H groups in total. The average Bonchev–Trinajstić information content (AvgIpc) is 3.11. The lowest BCUT2D eigenvalue weighted by Gasteiger charge is -2.20. The second-order valence-corrected chi connectivity index (χ2v) is 5.39. The number of benzene rings is 1. The molecule has 0 spiro atoms. The highest BCUT2D eigenvalue weighted by molar-refractivity contribution is 5.92. The lowest BCUT2D eigenvalue weighted by Crippen LogP contribution is -2.41. The Kier molecular flexibility index (Phi) is 2.94. The molecule has 5 nitrogen and oxygen atoms in total. The van der Waals surface area contributed by atoms with Crippen molar-refractivity contribution in [3.8, 4) is 6.07 Å². The van der Waals surface area contributed by atoms with Gasteiger partial charge in [-0.3, -0.25) is 4.79 Å². The summed E-state index contributed by atoms with van der Waals surface area (Å²) in [6, 6.07) is 9.52. The van der Waals surface area contributed by atoms with Crippen molar-refractivity contribution >= 4 is 11.6 Å².